The fourth-order valence-corrected chi connectivity index (χ4v) is 4.20. The van der Waals surface area contributed by atoms with Gasteiger partial charge in [0.05, 0.1) is 26.5 Å². The molecular formula is C19H28N2O3. The van der Waals surface area contributed by atoms with Crippen molar-refractivity contribution < 1.29 is 14.3 Å². The first-order valence-corrected chi connectivity index (χ1v) is 8.97. The number of nitrogens with one attached hydrogen (secondary N) is 1. The highest BCUT2D eigenvalue weighted by atomic mass is 16.5. The Morgan fingerprint density at radius 3 is 2.75 bits per heavy atom. The van der Waals surface area contributed by atoms with E-state index < -0.39 is 0 Å². The van der Waals surface area contributed by atoms with E-state index in [9.17, 15) is 4.79 Å². The molecule has 0 bridgehead atoms. The maximum absolute atomic E-state index is 12.5. The summed E-state index contributed by atoms with van der Waals surface area (Å²) in [6.45, 7) is 1.50. The first kappa shape index (κ1) is 17.1. The minimum absolute atomic E-state index is 0.0321. The average molecular weight is 332 g/mol. The quantitative estimate of drug-likeness (QED) is 0.899. The standard InChI is InChI=1S/C19H28N2O3/c1-23-15-9-10-16(18(12-15)24-2)20-19(22)13-21-11-5-7-14-6-3-4-8-17(14)21/h9-10,12,14,17H,3-8,11,13H2,1-2H3,(H,20,22)/t14-,17+/m0/s1. The number of fused-ring (bicyclic) bond motifs is 1. The molecule has 2 aliphatic rings. The van der Waals surface area contributed by atoms with E-state index in [2.05, 4.69) is 10.2 Å². The van der Waals surface area contributed by atoms with Crippen LogP contribution in [0.5, 0.6) is 11.5 Å². The summed E-state index contributed by atoms with van der Waals surface area (Å²) in [7, 11) is 3.21. The summed E-state index contributed by atoms with van der Waals surface area (Å²) in [5.41, 5.74) is 0.695. The van der Waals surface area contributed by atoms with E-state index in [1.807, 2.05) is 12.1 Å². The summed E-state index contributed by atoms with van der Waals surface area (Å²) in [5.74, 6) is 2.16. The summed E-state index contributed by atoms with van der Waals surface area (Å²) < 4.78 is 10.6. The normalized spacial score (nSPS) is 24.1. The van der Waals surface area contributed by atoms with Crippen molar-refractivity contribution in [2.45, 2.75) is 44.6 Å². The number of methoxy groups -OCH3 is 2. The highest BCUT2D eigenvalue weighted by Gasteiger charge is 2.33. The van der Waals surface area contributed by atoms with Gasteiger partial charge in [-0.25, -0.2) is 0 Å². The van der Waals surface area contributed by atoms with Gasteiger partial charge in [-0.15, -0.1) is 0 Å². The lowest BCUT2D eigenvalue weighted by Crippen LogP contribution is -2.49. The summed E-state index contributed by atoms with van der Waals surface area (Å²) >= 11 is 0. The van der Waals surface area contributed by atoms with E-state index in [0.29, 0.717) is 29.8 Å². The third kappa shape index (κ3) is 3.83. The van der Waals surface area contributed by atoms with Crippen LogP contribution in [0.15, 0.2) is 18.2 Å². The van der Waals surface area contributed by atoms with Crippen molar-refractivity contribution in [2.24, 2.45) is 5.92 Å². The molecule has 1 saturated heterocycles. The molecule has 0 spiro atoms. The zero-order valence-electron chi connectivity index (χ0n) is 14.7. The first-order valence-electron chi connectivity index (χ1n) is 8.97. The second-order valence-corrected chi connectivity index (χ2v) is 6.84. The van der Waals surface area contributed by atoms with Crippen LogP contribution in [0.4, 0.5) is 5.69 Å². The highest BCUT2D eigenvalue weighted by Crippen LogP contribution is 2.35. The van der Waals surface area contributed by atoms with Crippen LogP contribution in [-0.2, 0) is 4.79 Å². The van der Waals surface area contributed by atoms with Gasteiger partial charge in [-0.05, 0) is 50.3 Å². The Morgan fingerprint density at radius 2 is 1.96 bits per heavy atom. The molecule has 1 N–H and O–H groups in total. The van der Waals surface area contributed by atoms with Crippen LogP contribution in [-0.4, -0.2) is 44.2 Å². The van der Waals surface area contributed by atoms with Crippen molar-refractivity contribution >= 4 is 11.6 Å². The van der Waals surface area contributed by atoms with Gasteiger partial charge in [0, 0.05) is 12.1 Å². The topological polar surface area (TPSA) is 50.8 Å². The second-order valence-electron chi connectivity index (χ2n) is 6.84. The number of ether oxygens (including phenoxy) is 2. The summed E-state index contributed by atoms with van der Waals surface area (Å²) in [5, 5.41) is 2.99. The van der Waals surface area contributed by atoms with Crippen molar-refractivity contribution in [2.75, 3.05) is 32.6 Å². The van der Waals surface area contributed by atoms with Gasteiger partial charge in [0.25, 0.3) is 0 Å². The Bertz CT molecular complexity index is 574. The second kappa shape index (κ2) is 7.88. The Balaban J connectivity index is 1.63. The summed E-state index contributed by atoms with van der Waals surface area (Å²) in [6.07, 6.45) is 7.75. The number of carbonyl (C=O) groups excluding carboxylic acids is 1. The van der Waals surface area contributed by atoms with Gasteiger partial charge in [0.15, 0.2) is 0 Å². The molecule has 1 aromatic carbocycles. The van der Waals surface area contributed by atoms with Crippen LogP contribution >= 0.6 is 0 Å². The fraction of sp³-hybridized carbons (Fsp3) is 0.632. The van der Waals surface area contributed by atoms with Crippen molar-refractivity contribution in [3.63, 3.8) is 0 Å². The van der Waals surface area contributed by atoms with Crippen LogP contribution in [0.2, 0.25) is 0 Å². The minimum atomic E-state index is 0.0321. The minimum Gasteiger partial charge on any atom is -0.497 e. The number of benzene rings is 1. The molecule has 1 saturated carbocycles. The molecule has 5 nitrogen and oxygen atoms in total. The molecule has 1 aliphatic carbocycles. The Hall–Kier alpha value is -1.75. The lowest BCUT2D eigenvalue weighted by molar-refractivity contribution is -0.118. The number of anilines is 1. The average Bonchev–Trinajstić information content (AvgIpc) is 2.62. The van der Waals surface area contributed by atoms with E-state index in [-0.39, 0.29) is 5.91 Å². The Morgan fingerprint density at radius 1 is 1.17 bits per heavy atom. The number of hydrogen-bond donors (Lipinski definition) is 1. The molecule has 0 aromatic heterocycles. The number of hydrogen-bond acceptors (Lipinski definition) is 4. The molecule has 132 valence electrons. The molecule has 24 heavy (non-hydrogen) atoms. The third-order valence-electron chi connectivity index (χ3n) is 5.39. The zero-order valence-corrected chi connectivity index (χ0v) is 14.7. The van der Waals surface area contributed by atoms with Crippen LogP contribution in [0, 0.1) is 5.92 Å². The monoisotopic (exact) mass is 332 g/mol. The molecule has 1 aromatic rings. The van der Waals surface area contributed by atoms with Crippen LogP contribution in [0.25, 0.3) is 0 Å². The predicted octanol–water partition coefficient (Wildman–Crippen LogP) is 3.30. The number of nitrogens with zero attached hydrogens (tertiary/aromatic N) is 1. The Labute approximate surface area is 144 Å². The molecule has 0 unspecified atom stereocenters. The Kier molecular flexibility index (Phi) is 5.61. The van der Waals surface area contributed by atoms with Crippen molar-refractivity contribution in [1.29, 1.82) is 0 Å². The van der Waals surface area contributed by atoms with Gasteiger partial charge in [-0.2, -0.15) is 0 Å². The van der Waals surface area contributed by atoms with Crippen molar-refractivity contribution in [3.8, 4) is 11.5 Å². The first-order chi connectivity index (χ1) is 11.7. The van der Waals surface area contributed by atoms with E-state index in [0.717, 1.165) is 12.5 Å². The van der Waals surface area contributed by atoms with E-state index in [1.165, 1.54) is 38.5 Å². The van der Waals surface area contributed by atoms with Gasteiger partial charge in [-0.1, -0.05) is 12.8 Å². The third-order valence-corrected chi connectivity index (χ3v) is 5.39. The summed E-state index contributed by atoms with van der Waals surface area (Å²) in [6, 6.07) is 6.04. The van der Waals surface area contributed by atoms with Gasteiger partial charge < -0.3 is 14.8 Å². The van der Waals surface area contributed by atoms with Gasteiger partial charge >= 0.3 is 0 Å². The lowest BCUT2D eigenvalue weighted by Gasteiger charge is -2.43. The molecule has 1 amide bonds. The number of piperidine rings is 1. The molecule has 3 rings (SSSR count). The number of likely N-dealkylation sites (tertiary alicyclic amines) is 1. The SMILES string of the molecule is COc1ccc(NC(=O)CN2CCC[C@@H]3CCCC[C@H]32)c(OC)c1. The molecule has 2 fully saturated rings. The fourth-order valence-electron chi connectivity index (χ4n) is 4.20. The van der Waals surface area contributed by atoms with Gasteiger partial charge in [-0.3, -0.25) is 9.69 Å². The largest absolute Gasteiger partial charge is 0.497 e. The lowest BCUT2D eigenvalue weighted by atomic mass is 9.78. The number of amides is 1. The van der Waals surface area contributed by atoms with Gasteiger partial charge in [0.1, 0.15) is 11.5 Å². The highest BCUT2D eigenvalue weighted by molar-refractivity contribution is 5.93. The van der Waals surface area contributed by atoms with E-state index in [4.69, 9.17) is 9.47 Å². The number of rotatable bonds is 5. The van der Waals surface area contributed by atoms with E-state index in [1.54, 1.807) is 20.3 Å². The molecular weight excluding hydrogens is 304 g/mol. The number of carbonyl (C=O) groups is 1. The summed E-state index contributed by atoms with van der Waals surface area (Å²) in [4.78, 5) is 14.9. The van der Waals surface area contributed by atoms with Crippen molar-refractivity contribution in [3.05, 3.63) is 18.2 Å². The molecule has 2 atom stereocenters. The van der Waals surface area contributed by atoms with Crippen LogP contribution in [0.3, 0.4) is 0 Å². The molecule has 1 heterocycles. The maximum atomic E-state index is 12.5. The zero-order chi connectivity index (χ0) is 16.9. The van der Waals surface area contributed by atoms with Crippen molar-refractivity contribution in [1.82, 2.24) is 4.90 Å². The predicted molar refractivity (Wildman–Crippen MR) is 94.7 cm³/mol. The van der Waals surface area contributed by atoms with Crippen LogP contribution in [0.1, 0.15) is 38.5 Å². The molecule has 5 heteroatoms. The maximum Gasteiger partial charge on any atom is 0.238 e. The molecule has 0 radical (unpaired) electrons. The van der Waals surface area contributed by atoms with E-state index >= 15 is 0 Å². The molecule has 1 aliphatic heterocycles. The van der Waals surface area contributed by atoms with Crippen LogP contribution < -0.4 is 14.8 Å². The van der Waals surface area contributed by atoms with Gasteiger partial charge in [0.2, 0.25) is 5.91 Å². The smallest absolute Gasteiger partial charge is 0.238 e.